The van der Waals surface area contributed by atoms with E-state index in [4.69, 9.17) is 11.6 Å². The van der Waals surface area contributed by atoms with Crippen molar-refractivity contribution in [3.63, 3.8) is 0 Å². The van der Waals surface area contributed by atoms with Gasteiger partial charge in [-0.1, -0.05) is 35.5 Å². The molecule has 0 saturated heterocycles. The number of aromatic amines is 1. The van der Waals surface area contributed by atoms with Gasteiger partial charge in [-0.05, 0) is 36.1 Å². The molecular formula is C16H15ClN4OS2. The Kier molecular flexibility index (Phi) is 5.55. The molecule has 24 heavy (non-hydrogen) atoms. The molecule has 0 bridgehead atoms. The van der Waals surface area contributed by atoms with Crippen LogP contribution in [-0.4, -0.2) is 26.8 Å². The van der Waals surface area contributed by atoms with Crippen LogP contribution in [0.5, 0.6) is 0 Å². The monoisotopic (exact) mass is 378 g/mol. The third kappa shape index (κ3) is 4.37. The van der Waals surface area contributed by atoms with Crippen LogP contribution in [0.2, 0.25) is 5.02 Å². The number of H-pyrrole nitrogens is 1. The van der Waals surface area contributed by atoms with E-state index in [1.54, 1.807) is 17.4 Å². The highest BCUT2D eigenvalue weighted by Gasteiger charge is 2.10. The molecule has 2 N–H and O–H groups in total. The summed E-state index contributed by atoms with van der Waals surface area (Å²) in [7, 11) is 0. The molecule has 3 aromatic rings. The Labute approximate surface area is 152 Å². The number of nitrogens with one attached hydrogen (secondary N) is 2. The summed E-state index contributed by atoms with van der Waals surface area (Å²) >= 11 is 9.03. The van der Waals surface area contributed by atoms with E-state index in [1.807, 2.05) is 30.5 Å². The molecule has 0 aliphatic rings. The first-order valence-electron chi connectivity index (χ1n) is 7.23. The number of carbonyl (C=O) groups is 1. The van der Waals surface area contributed by atoms with Gasteiger partial charge in [0.2, 0.25) is 11.1 Å². The van der Waals surface area contributed by atoms with Gasteiger partial charge in [0.25, 0.3) is 0 Å². The van der Waals surface area contributed by atoms with Gasteiger partial charge in [-0.3, -0.25) is 9.89 Å². The Balaban J connectivity index is 1.53. The van der Waals surface area contributed by atoms with E-state index in [0.29, 0.717) is 10.2 Å². The fourth-order valence-corrected chi connectivity index (χ4v) is 3.56. The molecule has 0 aliphatic heterocycles. The molecule has 0 unspecified atom stereocenters. The molecule has 0 atom stereocenters. The lowest BCUT2D eigenvalue weighted by molar-refractivity contribution is -0.113. The number of thioether (sulfide) groups is 1. The molecule has 0 saturated carbocycles. The van der Waals surface area contributed by atoms with E-state index in [0.717, 1.165) is 23.5 Å². The van der Waals surface area contributed by atoms with Crippen molar-refractivity contribution in [3.8, 4) is 0 Å². The highest BCUT2D eigenvalue weighted by atomic mass is 35.5. The quantitative estimate of drug-likeness (QED) is 0.632. The van der Waals surface area contributed by atoms with Gasteiger partial charge in [0.05, 0.1) is 5.75 Å². The van der Waals surface area contributed by atoms with Crippen molar-refractivity contribution in [2.24, 2.45) is 0 Å². The van der Waals surface area contributed by atoms with E-state index in [-0.39, 0.29) is 11.7 Å². The van der Waals surface area contributed by atoms with E-state index in [2.05, 4.69) is 26.6 Å². The maximum atomic E-state index is 12.1. The Hall–Kier alpha value is -1.83. The molecule has 0 radical (unpaired) electrons. The van der Waals surface area contributed by atoms with Gasteiger partial charge < -0.3 is 5.32 Å². The Morgan fingerprint density at radius 1 is 1.38 bits per heavy atom. The van der Waals surface area contributed by atoms with Crippen molar-refractivity contribution in [2.45, 2.75) is 18.5 Å². The van der Waals surface area contributed by atoms with Crippen LogP contribution in [0.3, 0.4) is 0 Å². The van der Waals surface area contributed by atoms with E-state index in [1.165, 1.54) is 16.6 Å². The van der Waals surface area contributed by atoms with Gasteiger partial charge >= 0.3 is 0 Å². The number of benzene rings is 1. The van der Waals surface area contributed by atoms with E-state index < -0.39 is 0 Å². The second kappa shape index (κ2) is 7.83. The van der Waals surface area contributed by atoms with Crippen LogP contribution in [-0.2, 0) is 11.2 Å². The summed E-state index contributed by atoms with van der Waals surface area (Å²) in [6.45, 7) is 1.87. The maximum Gasteiger partial charge on any atom is 0.234 e. The highest BCUT2D eigenvalue weighted by Crippen LogP contribution is 2.23. The minimum atomic E-state index is -0.116. The van der Waals surface area contributed by atoms with Gasteiger partial charge in [-0.2, -0.15) is 0 Å². The smallest absolute Gasteiger partial charge is 0.234 e. The van der Waals surface area contributed by atoms with Crippen LogP contribution in [0.25, 0.3) is 0 Å². The first-order valence-corrected chi connectivity index (χ1v) is 9.47. The van der Waals surface area contributed by atoms with Crippen LogP contribution in [0, 0.1) is 6.92 Å². The number of nitrogens with zero attached hydrogens (tertiary/aromatic N) is 2. The molecule has 3 rings (SSSR count). The fourth-order valence-electron chi connectivity index (χ4n) is 2.06. The third-order valence-electron chi connectivity index (χ3n) is 3.31. The number of anilines is 1. The molecule has 2 aromatic heterocycles. The molecule has 0 aliphatic carbocycles. The molecule has 2 heterocycles. The average molecular weight is 379 g/mol. The minimum absolute atomic E-state index is 0.116. The molecule has 1 amide bonds. The summed E-state index contributed by atoms with van der Waals surface area (Å²) in [5, 5.41) is 13.1. The first-order chi connectivity index (χ1) is 11.6. The Morgan fingerprint density at radius 2 is 2.25 bits per heavy atom. The van der Waals surface area contributed by atoms with Crippen molar-refractivity contribution in [3.05, 3.63) is 57.0 Å². The van der Waals surface area contributed by atoms with Crippen LogP contribution >= 0.6 is 34.7 Å². The number of hydrogen-bond acceptors (Lipinski definition) is 5. The SMILES string of the molecule is Cc1c(Cl)cccc1NC(=O)CSc1n[nH]c(Cc2cccs2)n1. The largest absolute Gasteiger partial charge is 0.325 e. The summed E-state index contributed by atoms with van der Waals surface area (Å²) in [6.07, 6.45) is 0.721. The number of carbonyl (C=O) groups excluding carboxylic acids is 1. The number of aromatic nitrogens is 3. The third-order valence-corrected chi connectivity index (χ3v) is 5.44. The highest BCUT2D eigenvalue weighted by molar-refractivity contribution is 7.99. The van der Waals surface area contributed by atoms with Crippen LogP contribution in [0.1, 0.15) is 16.3 Å². The molecule has 1 aromatic carbocycles. The number of halogens is 1. The molecule has 5 nitrogen and oxygen atoms in total. The summed E-state index contributed by atoms with van der Waals surface area (Å²) in [4.78, 5) is 17.7. The van der Waals surface area contributed by atoms with Crippen LogP contribution in [0.15, 0.2) is 40.9 Å². The number of amides is 1. The molecule has 124 valence electrons. The lowest BCUT2D eigenvalue weighted by Crippen LogP contribution is -2.15. The van der Waals surface area contributed by atoms with Gasteiger partial charge in [0.15, 0.2) is 0 Å². The standard InChI is InChI=1S/C16H15ClN4OS2/c1-10-12(17)5-2-6-13(10)18-15(22)9-24-16-19-14(20-21-16)8-11-4-3-7-23-11/h2-7H,8-9H2,1H3,(H,18,22)(H,19,20,21). The molecule has 0 fully saturated rings. The van der Waals surface area contributed by atoms with Crippen molar-refractivity contribution >= 4 is 46.3 Å². The van der Waals surface area contributed by atoms with E-state index in [9.17, 15) is 4.79 Å². The molecular weight excluding hydrogens is 364 g/mol. The fraction of sp³-hybridized carbons (Fsp3) is 0.188. The van der Waals surface area contributed by atoms with Crippen LogP contribution < -0.4 is 5.32 Å². The second-order valence-corrected chi connectivity index (χ2v) is 7.45. The van der Waals surface area contributed by atoms with Crippen molar-refractivity contribution in [1.29, 1.82) is 0 Å². The van der Waals surface area contributed by atoms with Crippen LogP contribution in [0.4, 0.5) is 5.69 Å². The summed E-state index contributed by atoms with van der Waals surface area (Å²) < 4.78 is 0. The zero-order valence-corrected chi connectivity index (χ0v) is 15.3. The van der Waals surface area contributed by atoms with Gasteiger partial charge in [-0.25, -0.2) is 4.98 Å². The number of rotatable bonds is 6. The summed E-state index contributed by atoms with van der Waals surface area (Å²) in [5.74, 6) is 0.920. The second-order valence-electron chi connectivity index (χ2n) is 5.07. The Morgan fingerprint density at radius 3 is 3.04 bits per heavy atom. The van der Waals surface area contributed by atoms with Gasteiger partial charge in [0, 0.05) is 22.0 Å². The maximum absolute atomic E-state index is 12.1. The average Bonchev–Trinajstić information content (AvgIpc) is 3.22. The van der Waals surface area contributed by atoms with E-state index >= 15 is 0 Å². The topological polar surface area (TPSA) is 70.7 Å². The van der Waals surface area contributed by atoms with Gasteiger partial charge in [0.1, 0.15) is 5.82 Å². The number of hydrogen-bond donors (Lipinski definition) is 2. The summed E-state index contributed by atoms with van der Waals surface area (Å²) in [6, 6.07) is 9.50. The normalized spacial score (nSPS) is 10.8. The predicted molar refractivity (Wildman–Crippen MR) is 99.1 cm³/mol. The number of thiophene rings is 1. The zero-order chi connectivity index (χ0) is 16.9. The van der Waals surface area contributed by atoms with Crippen molar-refractivity contribution in [2.75, 3.05) is 11.1 Å². The Bertz CT molecular complexity index is 832. The minimum Gasteiger partial charge on any atom is -0.325 e. The molecule has 8 heteroatoms. The summed E-state index contributed by atoms with van der Waals surface area (Å²) in [5.41, 5.74) is 1.58. The van der Waals surface area contributed by atoms with Gasteiger partial charge in [-0.15, -0.1) is 16.4 Å². The molecule has 0 spiro atoms. The van der Waals surface area contributed by atoms with Crippen molar-refractivity contribution in [1.82, 2.24) is 15.2 Å². The van der Waals surface area contributed by atoms with Crippen molar-refractivity contribution < 1.29 is 4.79 Å². The zero-order valence-electron chi connectivity index (χ0n) is 12.9. The lowest BCUT2D eigenvalue weighted by atomic mass is 10.2. The lowest BCUT2D eigenvalue weighted by Gasteiger charge is -2.08. The predicted octanol–water partition coefficient (Wildman–Crippen LogP) is 4.15. The first kappa shape index (κ1) is 17.0.